The molecule has 0 radical (unpaired) electrons. The topological polar surface area (TPSA) is 72.7 Å². The number of tetrazole rings is 1. The van der Waals surface area contributed by atoms with Crippen molar-refractivity contribution in [3.63, 3.8) is 0 Å². The lowest BCUT2D eigenvalue weighted by atomic mass is 10.4. The summed E-state index contributed by atoms with van der Waals surface area (Å²) >= 11 is 1.44. The molecule has 1 aromatic rings. The van der Waals surface area contributed by atoms with Crippen LogP contribution in [-0.4, -0.2) is 37.4 Å². The molecule has 1 unspecified atom stereocenters. The number of thioether (sulfide) groups is 1. The van der Waals surface area contributed by atoms with Gasteiger partial charge in [0.05, 0.1) is 11.3 Å². The van der Waals surface area contributed by atoms with Gasteiger partial charge >= 0.3 is 0 Å². The van der Waals surface area contributed by atoms with E-state index in [2.05, 4.69) is 20.8 Å². The number of nitrogens with one attached hydrogen (secondary N) is 1. The van der Waals surface area contributed by atoms with E-state index in [9.17, 15) is 4.79 Å². The molecule has 1 N–H and O–H groups in total. The third-order valence-corrected chi connectivity index (χ3v) is 3.98. The highest BCUT2D eigenvalue weighted by Crippen LogP contribution is 2.37. The Labute approximate surface area is 104 Å². The molecule has 0 aromatic carbocycles. The molecular formula is C10H15N5OS. The van der Waals surface area contributed by atoms with Crippen molar-refractivity contribution in [3.05, 3.63) is 0 Å². The van der Waals surface area contributed by atoms with E-state index in [1.54, 1.807) is 0 Å². The van der Waals surface area contributed by atoms with E-state index in [4.69, 9.17) is 0 Å². The standard InChI is InChI=1S/C10H15N5OS/c1-6(9(16)11-7-2-3-7)17-10-12-13-14-15(10)8-4-5-8/h6-8H,2-5H2,1H3,(H,11,16). The summed E-state index contributed by atoms with van der Waals surface area (Å²) in [5, 5.41) is 15.2. The van der Waals surface area contributed by atoms with Gasteiger partial charge in [0.25, 0.3) is 0 Å². The monoisotopic (exact) mass is 253 g/mol. The average molecular weight is 253 g/mol. The number of hydrogen-bond acceptors (Lipinski definition) is 5. The van der Waals surface area contributed by atoms with E-state index in [1.165, 1.54) is 11.8 Å². The lowest BCUT2D eigenvalue weighted by Gasteiger charge is -2.10. The zero-order chi connectivity index (χ0) is 11.8. The predicted octanol–water partition coefficient (Wildman–Crippen LogP) is 0.767. The van der Waals surface area contributed by atoms with Crippen molar-refractivity contribution in [1.82, 2.24) is 25.5 Å². The van der Waals surface area contributed by atoms with Gasteiger partial charge in [-0.15, -0.1) is 5.10 Å². The highest BCUT2D eigenvalue weighted by atomic mass is 32.2. The maximum atomic E-state index is 11.8. The van der Waals surface area contributed by atoms with Crippen LogP contribution in [0.25, 0.3) is 0 Å². The fourth-order valence-electron chi connectivity index (χ4n) is 1.57. The van der Waals surface area contributed by atoms with E-state index in [0.29, 0.717) is 12.1 Å². The molecule has 0 bridgehead atoms. The molecule has 17 heavy (non-hydrogen) atoms. The molecule has 2 fully saturated rings. The first-order chi connectivity index (χ1) is 8.24. The maximum Gasteiger partial charge on any atom is 0.233 e. The van der Waals surface area contributed by atoms with Crippen LogP contribution >= 0.6 is 11.8 Å². The zero-order valence-electron chi connectivity index (χ0n) is 9.67. The molecule has 1 atom stereocenters. The molecule has 2 saturated carbocycles. The van der Waals surface area contributed by atoms with Gasteiger partial charge in [0.1, 0.15) is 0 Å². The minimum atomic E-state index is -0.140. The van der Waals surface area contributed by atoms with Gasteiger partial charge in [0.15, 0.2) is 0 Å². The summed E-state index contributed by atoms with van der Waals surface area (Å²) in [5.41, 5.74) is 0. The van der Waals surface area contributed by atoms with Gasteiger partial charge in [0, 0.05) is 6.04 Å². The molecule has 2 aliphatic carbocycles. The summed E-state index contributed by atoms with van der Waals surface area (Å²) in [6.07, 6.45) is 4.51. The average Bonchev–Trinajstić information content (AvgIpc) is 3.21. The van der Waals surface area contributed by atoms with E-state index in [-0.39, 0.29) is 11.2 Å². The van der Waals surface area contributed by atoms with Gasteiger partial charge in [-0.05, 0) is 43.0 Å². The van der Waals surface area contributed by atoms with Crippen molar-refractivity contribution in [1.29, 1.82) is 0 Å². The Balaban J connectivity index is 1.60. The fraction of sp³-hybridized carbons (Fsp3) is 0.800. The Morgan fingerprint density at radius 2 is 2.24 bits per heavy atom. The predicted molar refractivity (Wildman–Crippen MR) is 62.6 cm³/mol. The molecule has 1 aromatic heterocycles. The molecule has 7 heteroatoms. The SMILES string of the molecule is CC(Sc1nnnn1C1CC1)C(=O)NC1CC1. The van der Waals surface area contributed by atoms with Crippen molar-refractivity contribution in [2.24, 2.45) is 0 Å². The molecule has 2 aliphatic rings. The van der Waals surface area contributed by atoms with Crippen LogP contribution in [0.2, 0.25) is 0 Å². The summed E-state index contributed by atoms with van der Waals surface area (Å²) in [6.45, 7) is 1.90. The normalized spacial score (nSPS) is 21.2. The molecule has 1 amide bonds. The maximum absolute atomic E-state index is 11.8. The molecular weight excluding hydrogens is 238 g/mol. The number of aromatic nitrogens is 4. The van der Waals surface area contributed by atoms with Crippen LogP contribution in [0, 0.1) is 0 Å². The van der Waals surface area contributed by atoms with Crippen LogP contribution in [0.1, 0.15) is 38.6 Å². The third-order valence-electron chi connectivity index (χ3n) is 2.93. The van der Waals surface area contributed by atoms with E-state index < -0.39 is 0 Å². The molecule has 1 heterocycles. The van der Waals surface area contributed by atoms with Gasteiger partial charge in [-0.25, -0.2) is 4.68 Å². The number of hydrogen-bond donors (Lipinski definition) is 1. The van der Waals surface area contributed by atoms with Crippen LogP contribution < -0.4 is 5.32 Å². The van der Waals surface area contributed by atoms with Crippen molar-refractivity contribution < 1.29 is 4.79 Å². The third kappa shape index (κ3) is 2.59. The van der Waals surface area contributed by atoms with Crippen molar-refractivity contribution in [2.45, 2.75) is 55.1 Å². The Bertz CT molecular complexity index is 426. The second-order valence-corrected chi connectivity index (χ2v) is 5.99. The van der Waals surface area contributed by atoms with E-state index in [1.807, 2.05) is 11.6 Å². The van der Waals surface area contributed by atoms with E-state index in [0.717, 1.165) is 30.8 Å². The van der Waals surface area contributed by atoms with Gasteiger partial charge in [0.2, 0.25) is 11.1 Å². The Kier molecular flexibility index (Phi) is 2.78. The Morgan fingerprint density at radius 1 is 1.47 bits per heavy atom. The second kappa shape index (κ2) is 4.29. The van der Waals surface area contributed by atoms with E-state index >= 15 is 0 Å². The first-order valence-electron chi connectivity index (χ1n) is 5.99. The van der Waals surface area contributed by atoms with Crippen molar-refractivity contribution >= 4 is 17.7 Å². The lowest BCUT2D eigenvalue weighted by Crippen LogP contribution is -2.32. The van der Waals surface area contributed by atoms with Crippen LogP contribution in [-0.2, 0) is 4.79 Å². The molecule has 3 rings (SSSR count). The minimum absolute atomic E-state index is 0.0860. The largest absolute Gasteiger partial charge is 0.352 e. The smallest absolute Gasteiger partial charge is 0.233 e. The number of carbonyl (C=O) groups is 1. The first-order valence-corrected chi connectivity index (χ1v) is 6.87. The van der Waals surface area contributed by atoms with Gasteiger partial charge in [-0.3, -0.25) is 4.79 Å². The molecule has 0 aliphatic heterocycles. The molecule has 0 saturated heterocycles. The molecule has 0 spiro atoms. The fourth-order valence-corrected chi connectivity index (χ4v) is 2.44. The summed E-state index contributed by atoms with van der Waals surface area (Å²) < 4.78 is 1.84. The van der Waals surface area contributed by atoms with Crippen LogP contribution in [0.15, 0.2) is 5.16 Å². The number of nitrogens with zero attached hydrogens (tertiary/aromatic N) is 4. The highest BCUT2D eigenvalue weighted by molar-refractivity contribution is 8.00. The quantitative estimate of drug-likeness (QED) is 0.785. The lowest BCUT2D eigenvalue weighted by molar-refractivity contribution is -0.120. The van der Waals surface area contributed by atoms with Crippen molar-refractivity contribution in [2.75, 3.05) is 0 Å². The van der Waals surface area contributed by atoms with Gasteiger partial charge in [-0.1, -0.05) is 11.8 Å². The van der Waals surface area contributed by atoms with Gasteiger partial charge in [-0.2, -0.15) is 0 Å². The van der Waals surface area contributed by atoms with Gasteiger partial charge < -0.3 is 5.32 Å². The molecule has 92 valence electrons. The highest BCUT2D eigenvalue weighted by Gasteiger charge is 2.30. The summed E-state index contributed by atoms with van der Waals surface area (Å²) in [7, 11) is 0. The Hall–Kier alpha value is -1.11. The number of carbonyl (C=O) groups excluding carboxylic acids is 1. The Morgan fingerprint density at radius 3 is 2.88 bits per heavy atom. The summed E-state index contributed by atoms with van der Waals surface area (Å²) in [5.74, 6) is 0.0860. The summed E-state index contributed by atoms with van der Waals surface area (Å²) in [4.78, 5) is 11.8. The van der Waals surface area contributed by atoms with Crippen LogP contribution in [0.4, 0.5) is 0 Å². The number of rotatable bonds is 5. The van der Waals surface area contributed by atoms with Crippen molar-refractivity contribution in [3.8, 4) is 0 Å². The van der Waals surface area contributed by atoms with Crippen LogP contribution in [0.5, 0.6) is 0 Å². The summed E-state index contributed by atoms with van der Waals surface area (Å²) in [6, 6.07) is 0.858. The zero-order valence-corrected chi connectivity index (χ0v) is 10.5. The molecule has 6 nitrogen and oxygen atoms in total. The first kappa shape index (κ1) is 11.0. The minimum Gasteiger partial charge on any atom is -0.352 e. The number of amides is 1. The second-order valence-electron chi connectivity index (χ2n) is 4.68. The van der Waals surface area contributed by atoms with Crippen LogP contribution in [0.3, 0.4) is 0 Å².